The van der Waals surface area contributed by atoms with Crippen LogP contribution in [0.1, 0.15) is 6.42 Å². The number of fused-ring (bicyclic) bond motifs is 1. The number of para-hydroxylation sites is 1. The number of aromatic amines is 1. The number of halogens is 1. The van der Waals surface area contributed by atoms with E-state index >= 15 is 0 Å². The Hall–Kier alpha value is -1.33. The number of nitrogens with one attached hydrogen (secondary N) is 1. The summed E-state index contributed by atoms with van der Waals surface area (Å²) in [6, 6.07) is 5.62. The van der Waals surface area contributed by atoms with Crippen molar-refractivity contribution in [3.05, 3.63) is 28.0 Å². The predicted molar refractivity (Wildman–Crippen MR) is 75.4 cm³/mol. The number of imidazole rings is 1. The molecular formula is C12H14ClN3OS. The van der Waals surface area contributed by atoms with Crippen molar-refractivity contribution in [2.24, 2.45) is 0 Å². The first-order valence-corrected chi connectivity index (χ1v) is 6.36. The number of aryl methyl sites for hydroxylation is 1. The maximum Gasteiger partial charge on any atom is 0.223 e. The maximum atomic E-state index is 11.6. The first-order chi connectivity index (χ1) is 8.50. The molecule has 1 heterocycles. The van der Waals surface area contributed by atoms with Crippen molar-refractivity contribution in [2.45, 2.75) is 13.0 Å². The van der Waals surface area contributed by atoms with E-state index in [1.807, 2.05) is 22.8 Å². The van der Waals surface area contributed by atoms with Crippen LogP contribution in [0.15, 0.2) is 18.2 Å². The van der Waals surface area contributed by atoms with Gasteiger partial charge in [0.15, 0.2) is 4.77 Å². The first kappa shape index (κ1) is 13.1. The van der Waals surface area contributed by atoms with E-state index in [0.29, 0.717) is 22.8 Å². The van der Waals surface area contributed by atoms with Gasteiger partial charge in [0.1, 0.15) is 0 Å². The molecule has 0 saturated heterocycles. The largest absolute Gasteiger partial charge is 0.349 e. The normalized spacial score (nSPS) is 10.8. The summed E-state index contributed by atoms with van der Waals surface area (Å²) in [6.45, 7) is 0.552. The van der Waals surface area contributed by atoms with Crippen molar-refractivity contribution in [1.82, 2.24) is 14.5 Å². The molecule has 0 bridgehead atoms. The summed E-state index contributed by atoms with van der Waals surface area (Å²) in [6.07, 6.45) is 0.417. The van der Waals surface area contributed by atoms with Gasteiger partial charge in [0.2, 0.25) is 5.91 Å². The molecule has 0 atom stereocenters. The van der Waals surface area contributed by atoms with Crippen LogP contribution in [-0.4, -0.2) is 34.5 Å². The zero-order valence-corrected chi connectivity index (χ0v) is 11.8. The molecule has 0 aliphatic carbocycles. The third-order valence-corrected chi connectivity index (χ3v) is 3.44. The number of hydrogen-bond acceptors (Lipinski definition) is 2. The van der Waals surface area contributed by atoms with E-state index in [0.717, 1.165) is 11.0 Å². The summed E-state index contributed by atoms with van der Waals surface area (Å²) in [5.74, 6) is 0.0771. The summed E-state index contributed by atoms with van der Waals surface area (Å²) < 4.78 is 2.49. The summed E-state index contributed by atoms with van der Waals surface area (Å²) in [5, 5.41) is 0.635. The molecule has 18 heavy (non-hydrogen) atoms. The molecule has 1 aromatic carbocycles. The van der Waals surface area contributed by atoms with Crippen molar-refractivity contribution < 1.29 is 4.79 Å². The predicted octanol–water partition coefficient (Wildman–Crippen LogP) is 2.83. The van der Waals surface area contributed by atoms with Gasteiger partial charge in [-0.25, -0.2) is 0 Å². The fraction of sp³-hybridized carbons (Fsp3) is 0.333. The Bertz CT molecular complexity index is 644. The van der Waals surface area contributed by atoms with E-state index in [2.05, 4.69) is 4.98 Å². The first-order valence-electron chi connectivity index (χ1n) is 5.58. The number of nitrogens with zero attached hydrogens (tertiary/aromatic N) is 2. The molecular weight excluding hydrogens is 270 g/mol. The molecule has 6 heteroatoms. The number of carbonyl (C=O) groups excluding carboxylic acids is 1. The highest BCUT2D eigenvalue weighted by Gasteiger charge is 2.09. The second-order valence-corrected chi connectivity index (χ2v) is 5.05. The van der Waals surface area contributed by atoms with Gasteiger partial charge >= 0.3 is 0 Å². The quantitative estimate of drug-likeness (QED) is 0.880. The second kappa shape index (κ2) is 5.12. The van der Waals surface area contributed by atoms with Crippen LogP contribution < -0.4 is 0 Å². The van der Waals surface area contributed by atoms with Gasteiger partial charge in [-0.15, -0.1) is 0 Å². The highest BCUT2D eigenvalue weighted by Crippen LogP contribution is 2.22. The standard InChI is InChI=1S/C12H14ClN3OS/c1-15(2)10(17)6-7-16-9-5-3-4-8(13)11(9)14-12(16)18/h3-5H,6-7H2,1-2H3,(H,14,18). The van der Waals surface area contributed by atoms with Gasteiger partial charge in [0.05, 0.1) is 16.1 Å². The second-order valence-electron chi connectivity index (χ2n) is 4.25. The Morgan fingerprint density at radius 3 is 2.89 bits per heavy atom. The molecule has 0 aliphatic rings. The van der Waals surface area contributed by atoms with Crippen LogP contribution in [0.5, 0.6) is 0 Å². The Balaban J connectivity index is 2.34. The molecule has 0 saturated carbocycles. The summed E-state index contributed by atoms with van der Waals surface area (Å²) in [4.78, 5) is 16.2. The number of amides is 1. The van der Waals surface area contributed by atoms with Gasteiger partial charge in [-0.3, -0.25) is 4.79 Å². The lowest BCUT2D eigenvalue weighted by atomic mass is 10.3. The van der Waals surface area contributed by atoms with Gasteiger partial charge in [0, 0.05) is 27.1 Å². The minimum Gasteiger partial charge on any atom is -0.349 e. The van der Waals surface area contributed by atoms with Gasteiger partial charge in [-0.05, 0) is 24.4 Å². The van der Waals surface area contributed by atoms with Gasteiger partial charge < -0.3 is 14.5 Å². The van der Waals surface area contributed by atoms with Gasteiger partial charge in [0.25, 0.3) is 0 Å². The third-order valence-electron chi connectivity index (χ3n) is 2.81. The van der Waals surface area contributed by atoms with Crippen LogP contribution in [0, 0.1) is 4.77 Å². The minimum atomic E-state index is 0.0771. The average Bonchev–Trinajstić information content (AvgIpc) is 2.64. The van der Waals surface area contributed by atoms with Crippen LogP contribution >= 0.6 is 23.8 Å². The summed E-state index contributed by atoms with van der Waals surface area (Å²) in [7, 11) is 3.49. The Morgan fingerprint density at radius 1 is 1.50 bits per heavy atom. The van der Waals surface area contributed by atoms with E-state index in [1.165, 1.54) is 0 Å². The highest BCUT2D eigenvalue weighted by atomic mass is 35.5. The molecule has 2 rings (SSSR count). The SMILES string of the molecule is CN(C)C(=O)CCn1c(=S)[nH]c2c(Cl)cccc21. The number of H-pyrrole nitrogens is 1. The minimum absolute atomic E-state index is 0.0771. The smallest absolute Gasteiger partial charge is 0.223 e. The fourth-order valence-corrected chi connectivity index (χ4v) is 2.31. The molecule has 2 aromatic rings. The Kier molecular flexibility index (Phi) is 3.73. The van der Waals surface area contributed by atoms with Gasteiger partial charge in [-0.1, -0.05) is 17.7 Å². The van der Waals surface area contributed by atoms with Crippen LogP contribution in [0.4, 0.5) is 0 Å². The van der Waals surface area contributed by atoms with E-state index in [1.54, 1.807) is 19.0 Å². The highest BCUT2D eigenvalue weighted by molar-refractivity contribution is 7.71. The monoisotopic (exact) mass is 283 g/mol. The van der Waals surface area contributed by atoms with E-state index in [4.69, 9.17) is 23.8 Å². The molecule has 0 fully saturated rings. The average molecular weight is 284 g/mol. The molecule has 0 unspecified atom stereocenters. The molecule has 4 nitrogen and oxygen atoms in total. The van der Waals surface area contributed by atoms with E-state index in [9.17, 15) is 4.79 Å². The molecule has 0 aliphatic heterocycles. The molecule has 0 radical (unpaired) electrons. The van der Waals surface area contributed by atoms with Crippen molar-refractivity contribution >= 4 is 40.8 Å². The van der Waals surface area contributed by atoms with Crippen LogP contribution in [0.25, 0.3) is 11.0 Å². The zero-order chi connectivity index (χ0) is 13.3. The summed E-state index contributed by atoms with van der Waals surface area (Å²) >= 11 is 11.3. The van der Waals surface area contributed by atoms with Crippen molar-refractivity contribution in [2.75, 3.05) is 14.1 Å². The number of hydrogen-bond donors (Lipinski definition) is 1. The molecule has 96 valence electrons. The fourth-order valence-electron chi connectivity index (χ4n) is 1.80. The molecule has 1 N–H and O–H groups in total. The van der Waals surface area contributed by atoms with Crippen molar-refractivity contribution in [3.8, 4) is 0 Å². The van der Waals surface area contributed by atoms with Crippen LogP contribution in [0.2, 0.25) is 5.02 Å². The lowest BCUT2D eigenvalue weighted by Crippen LogP contribution is -2.22. The van der Waals surface area contributed by atoms with E-state index in [-0.39, 0.29) is 5.91 Å². The van der Waals surface area contributed by atoms with Crippen LogP contribution in [-0.2, 0) is 11.3 Å². The maximum absolute atomic E-state index is 11.6. The molecule has 0 spiro atoms. The Morgan fingerprint density at radius 2 is 2.22 bits per heavy atom. The van der Waals surface area contributed by atoms with E-state index < -0.39 is 0 Å². The Labute approximate surface area is 115 Å². The zero-order valence-electron chi connectivity index (χ0n) is 10.2. The number of benzene rings is 1. The number of carbonyl (C=O) groups is 1. The van der Waals surface area contributed by atoms with Crippen LogP contribution in [0.3, 0.4) is 0 Å². The lowest BCUT2D eigenvalue weighted by Gasteiger charge is -2.10. The van der Waals surface area contributed by atoms with Crippen molar-refractivity contribution in [3.63, 3.8) is 0 Å². The van der Waals surface area contributed by atoms with Crippen molar-refractivity contribution in [1.29, 1.82) is 0 Å². The summed E-state index contributed by atoms with van der Waals surface area (Å²) in [5.41, 5.74) is 1.75. The molecule has 1 aromatic heterocycles. The van der Waals surface area contributed by atoms with Gasteiger partial charge in [-0.2, -0.15) is 0 Å². The molecule has 1 amide bonds. The lowest BCUT2D eigenvalue weighted by molar-refractivity contribution is -0.128. The topological polar surface area (TPSA) is 41.0 Å². The number of rotatable bonds is 3. The third kappa shape index (κ3) is 2.42. The number of aromatic nitrogens is 2.